The lowest BCUT2D eigenvalue weighted by molar-refractivity contribution is -0.126. The third kappa shape index (κ3) is 5.57. The lowest BCUT2D eigenvalue weighted by Crippen LogP contribution is -2.26. The van der Waals surface area contributed by atoms with E-state index in [-0.39, 0.29) is 16.3 Å². The van der Waals surface area contributed by atoms with Crippen molar-refractivity contribution in [1.29, 1.82) is 0 Å². The van der Waals surface area contributed by atoms with Gasteiger partial charge in [-0.2, -0.15) is 8.78 Å². The largest absolute Gasteiger partial charge is 0.434 e. The normalized spacial score (nSPS) is 12.2. The van der Waals surface area contributed by atoms with E-state index in [1.165, 1.54) is 25.3 Å². The van der Waals surface area contributed by atoms with Crippen LogP contribution in [-0.4, -0.2) is 24.8 Å². The van der Waals surface area contributed by atoms with Crippen LogP contribution in [0, 0.1) is 0 Å². The fraction of sp³-hybridized carbons (Fsp3) is 0.176. The standard InChI is InChI=1S/C17H14Cl2F2N2O3/c1-10(16(24)23-13-7-4-6-12(18)15(13)19)26-22-9-11-5-2-3-8-14(11)25-17(20)21/h2-10,17H,1H3,(H,23,24)/b22-9-/t10-/m1/s1. The van der Waals surface area contributed by atoms with Crippen molar-refractivity contribution >= 4 is 41.0 Å². The Kier molecular flexibility index (Phi) is 7.17. The first-order valence-electron chi connectivity index (χ1n) is 7.36. The number of carbonyl (C=O) groups is 1. The maximum Gasteiger partial charge on any atom is 0.387 e. The van der Waals surface area contributed by atoms with E-state index in [0.717, 1.165) is 0 Å². The van der Waals surface area contributed by atoms with Gasteiger partial charge < -0.3 is 14.9 Å². The zero-order valence-electron chi connectivity index (χ0n) is 13.5. The molecule has 0 spiro atoms. The zero-order valence-corrected chi connectivity index (χ0v) is 15.0. The number of nitrogens with zero attached hydrogens (tertiary/aromatic N) is 1. The summed E-state index contributed by atoms with van der Waals surface area (Å²) in [5.74, 6) is -0.568. The first kappa shape index (κ1) is 19.9. The first-order valence-corrected chi connectivity index (χ1v) is 8.12. The van der Waals surface area contributed by atoms with E-state index >= 15 is 0 Å². The third-order valence-corrected chi connectivity index (χ3v) is 3.94. The van der Waals surface area contributed by atoms with Crippen LogP contribution in [0.15, 0.2) is 47.6 Å². The summed E-state index contributed by atoms with van der Waals surface area (Å²) in [4.78, 5) is 17.1. The van der Waals surface area contributed by atoms with Gasteiger partial charge in [-0.15, -0.1) is 0 Å². The summed E-state index contributed by atoms with van der Waals surface area (Å²) in [5.41, 5.74) is 0.609. The molecule has 2 aromatic carbocycles. The molecule has 0 unspecified atom stereocenters. The summed E-state index contributed by atoms with van der Waals surface area (Å²) in [6, 6.07) is 10.8. The van der Waals surface area contributed by atoms with Crippen molar-refractivity contribution in [2.24, 2.45) is 5.16 Å². The second kappa shape index (κ2) is 9.35. The highest BCUT2D eigenvalue weighted by Gasteiger charge is 2.16. The van der Waals surface area contributed by atoms with Gasteiger partial charge in [0.15, 0.2) is 0 Å². The zero-order chi connectivity index (χ0) is 19.1. The van der Waals surface area contributed by atoms with E-state index < -0.39 is 18.6 Å². The molecule has 1 N–H and O–H groups in total. The fourth-order valence-electron chi connectivity index (χ4n) is 1.85. The maximum atomic E-state index is 12.4. The SMILES string of the molecule is C[C@@H](O/N=C\c1ccccc1OC(F)F)C(=O)Nc1cccc(Cl)c1Cl. The third-order valence-electron chi connectivity index (χ3n) is 3.12. The van der Waals surface area contributed by atoms with Crippen LogP contribution in [-0.2, 0) is 9.63 Å². The van der Waals surface area contributed by atoms with Crippen LogP contribution in [0.5, 0.6) is 5.75 Å². The Labute approximate surface area is 158 Å². The Balaban J connectivity index is 1.98. The second-order valence-electron chi connectivity index (χ2n) is 4.99. The van der Waals surface area contributed by atoms with Crippen molar-refractivity contribution in [3.8, 4) is 5.75 Å². The van der Waals surface area contributed by atoms with Crippen molar-refractivity contribution < 1.29 is 23.1 Å². The summed E-state index contributed by atoms with van der Waals surface area (Å²) in [6.45, 7) is -1.50. The van der Waals surface area contributed by atoms with E-state index in [1.54, 1.807) is 30.3 Å². The topological polar surface area (TPSA) is 59.9 Å². The van der Waals surface area contributed by atoms with Gasteiger partial charge in [0.1, 0.15) is 5.75 Å². The highest BCUT2D eigenvalue weighted by Crippen LogP contribution is 2.29. The molecule has 0 aliphatic rings. The molecule has 0 fully saturated rings. The smallest absolute Gasteiger partial charge is 0.387 e. The molecule has 0 bridgehead atoms. The number of alkyl halides is 2. The minimum atomic E-state index is -2.96. The number of para-hydroxylation sites is 1. The predicted octanol–water partition coefficient (Wildman–Crippen LogP) is 4.97. The van der Waals surface area contributed by atoms with E-state index in [2.05, 4.69) is 15.2 Å². The summed E-state index contributed by atoms with van der Waals surface area (Å²) in [6.07, 6.45) is 0.206. The fourth-order valence-corrected chi connectivity index (χ4v) is 2.20. The Bertz CT molecular complexity index is 803. The van der Waals surface area contributed by atoms with Crippen molar-refractivity contribution in [1.82, 2.24) is 0 Å². The number of halogens is 4. The number of carbonyl (C=O) groups excluding carboxylic acids is 1. The molecule has 1 amide bonds. The van der Waals surface area contributed by atoms with Crippen LogP contribution in [0.2, 0.25) is 10.0 Å². The molecule has 5 nitrogen and oxygen atoms in total. The molecular weight excluding hydrogens is 389 g/mol. The van der Waals surface area contributed by atoms with Crippen LogP contribution >= 0.6 is 23.2 Å². The molecular formula is C17H14Cl2F2N2O3. The minimum Gasteiger partial charge on any atom is -0.434 e. The number of hydrogen-bond donors (Lipinski definition) is 1. The number of nitrogens with one attached hydrogen (secondary N) is 1. The Morgan fingerprint density at radius 2 is 1.92 bits per heavy atom. The average Bonchev–Trinajstić information content (AvgIpc) is 2.59. The van der Waals surface area contributed by atoms with Gasteiger partial charge in [0.05, 0.1) is 21.9 Å². The van der Waals surface area contributed by atoms with Gasteiger partial charge in [0.25, 0.3) is 5.91 Å². The average molecular weight is 403 g/mol. The summed E-state index contributed by atoms with van der Waals surface area (Å²) >= 11 is 11.9. The molecule has 2 aromatic rings. The van der Waals surface area contributed by atoms with E-state index in [1.807, 2.05) is 0 Å². The summed E-state index contributed by atoms with van der Waals surface area (Å²) in [5, 5.41) is 6.70. The molecule has 26 heavy (non-hydrogen) atoms. The number of ether oxygens (including phenoxy) is 1. The molecule has 0 aliphatic heterocycles. The lowest BCUT2D eigenvalue weighted by atomic mass is 10.2. The molecule has 0 aromatic heterocycles. The van der Waals surface area contributed by atoms with Gasteiger partial charge in [-0.25, -0.2) is 0 Å². The molecule has 138 valence electrons. The van der Waals surface area contributed by atoms with Crippen LogP contribution < -0.4 is 10.1 Å². The Hall–Kier alpha value is -2.38. The molecule has 0 heterocycles. The van der Waals surface area contributed by atoms with Crippen LogP contribution in [0.4, 0.5) is 14.5 Å². The van der Waals surface area contributed by atoms with Crippen LogP contribution in [0.25, 0.3) is 0 Å². The number of hydrogen-bond acceptors (Lipinski definition) is 4. The summed E-state index contributed by atoms with van der Waals surface area (Å²) < 4.78 is 29.1. The Morgan fingerprint density at radius 3 is 2.65 bits per heavy atom. The van der Waals surface area contributed by atoms with Gasteiger partial charge in [0.2, 0.25) is 6.10 Å². The van der Waals surface area contributed by atoms with Crippen molar-refractivity contribution in [2.75, 3.05) is 5.32 Å². The minimum absolute atomic E-state index is 0.0577. The predicted molar refractivity (Wildman–Crippen MR) is 96.3 cm³/mol. The second-order valence-corrected chi connectivity index (χ2v) is 5.77. The molecule has 0 aliphatic carbocycles. The van der Waals surface area contributed by atoms with Gasteiger partial charge in [-0.05, 0) is 31.2 Å². The molecule has 9 heteroatoms. The molecule has 0 saturated carbocycles. The quantitative estimate of drug-likeness (QED) is 0.525. The van der Waals surface area contributed by atoms with Crippen molar-refractivity contribution in [3.63, 3.8) is 0 Å². The van der Waals surface area contributed by atoms with Gasteiger partial charge >= 0.3 is 6.61 Å². The van der Waals surface area contributed by atoms with Crippen LogP contribution in [0.1, 0.15) is 12.5 Å². The van der Waals surface area contributed by atoms with E-state index in [4.69, 9.17) is 28.0 Å². The first-order chi connectivity index (χ1) is 12.4. The maximum absolute atomic E-state index is 12.4. The number of amides is 1. The van der Waals surface area contributed by atoms with E-state index in [0.29, 0.717) is 10.7 Å². The molecule has 2 rings (SSSR count). The van der Waals surface area contributed by atoms with Gasteiger partial charge in [-0.3, -0.25) is 4.79 Å². The number of rotatable bonds is 7. The van der Waals surface area contributed by atoms with Crippen LogP contribution in [0.3, 0.4) is 0 Å². The highest BCUT2D eigenvalue weighted by atomic mass is 35.5. The van der Waals surface area contributed by atoms with Crippen molar-refractivity contribution in [3.05, 3.63) is 58.1 Å². The Morgan fingerprint density at radius 1 is 1.19 bits per heavy atom. The summed E-state index contributed by atoms with van der Waals surface area (Å²) in [7, 11) is 0. The van der Waals surface area contributed by atoms with E-state index in [9.17, 15) is 13.6 Å². The molecule has 0 saturated heterocycles. The van der Waals surface area contributed by atoms with Gasteiger partial charge in [-0.1, -0.05) is 46.6 Å². The monoisotopic (exact) mass is 402 g/mol. The molecule has 0 radical (unpaired) electrons. The number of oxime groups is 1. The van der Waals surface area contributed by atoms with Crippen molar-refractivity contribution in [2.45, 2.75) is 19.6 Å². The highest BCUT2D eigenvalue weighted by molar-refractivity contribution is 6.44. The number of benzene rings is 2. The number of anilines is 1. The van der Waals surface area contributed by atoms with Gasteiger partial charge in [0, 0.05) is 5.56 Å². The lowest BCUT2D eigenvalue weighted by Gasteiger charge is -2.12. The molecule has 1 atom stereocenters.